The van der Waals surface area contributed by atoms with Crippen LogP contribution in [0.15, 0.2) is 18.2 Å². The molecule has 0 spiro atoms. The van der Waals surface area contributed by atoms with Crippen LogP contribution >= 0.6 is 0 Å². The lowest BCUT2D eigenvalue weighted by Crippen LogP contribution is -2.09. The van der Waals surface area contributed by atoms with Crippen molar-refractivity contribution in [2.75, 3.05) is 18.3 Å². The van der Waals surface area contributed by atoms with E-state index in [9.17, 15) is 0 Å². The third-order valence-corrected chi connectivity index (χ3v) is 1.44. The average molecular weight is 155 g/mol. The van der Waals surface area contributed by atoms with Crippen LogP contribution in [0.5, 0.6) is 5.75 Å². The molecule has 1 aromatic carbocycles. The Balaban J connectivity index is 0.00000121. The lowest BCUT2D eigenvalue weighted by Gasteiger charge is -2.07. The SMILES string of the molecule is COc1cccc(NN)c1N.[HH]. The molecule has 0 aromatic heterocycles. The van der Waals surface area contributed by atoms with Gasteiger partial charge in [0.1, 0.15) is 5.75 Å². The van der Waals surface area contributed by atoms with E-state index < -0.39 is 0 Å². The monoisotopic (exact) mass is 155 g/mol. The van der Waals surface area contributed by atoms with Crippen LogP contribution in [-0.2, 0) is 0 Å². The molecule has 0 atom stereocenters. The molecule has 0 saturated heterocycles. The maximum atomic E-state index is 5.64. The van der Waals surface area contributed by atoms with E-state index in [4.69, 9.17) is 16.3 Å². The highest BCUT2D eigenvalue weighted by molar-refractivity contribution is 5.72. The number of nitrogens with two attached hydrogens (primary N) is 2. The van der Waals surface area contributed by atoms with Crippen molar-refractivity contribution in [1.29, 1.82) is 0 Å². The first-order valence-corrected chi connectivity index (χ1v) is 3.18. The lowest BCUT2D eigenvalue weighted by molar-refractivity contribution is 0.417. The van der Waals surface area contributed by atoms with Gasteiger partial charge in [0.25, 0.3) is 0 Å². The minimum atomic E-state index is 0. The summed E-state index contributed by atoms with van der Waals surface area (Å²) in [6, 6.07) is 5.36. The van der Waals surface area contributed by atoms with Gasteiger partial charge in [-0.3, -0.25) is 5.84 Å². The van der Waals surface area contributed by atoms with Gasteiger partial charge in [0.05, 0.1) is 18.5 Å². The fourth-order valence-electron chi connectivity index (χ4n) is 0.848. The highest BCUT2D eigenvalue weighted by atomic mass is 16.5. The van der Waals surface area contributed by atoms with Crippen molar-refractivity contribution >= 4 is 11.4 Å². The molecule has 1 aromatic rings. The van der Waals surface area contributed by atoms with Gasteiger partial charge < -0.3 is 15.9 Å². The molecular weight excluding hydrogens is 142 g/mol. The first-order chi connectivity index (χ1) is 5.29. The minimum Gasteiger partial charge on any atom is -0.495 e. The Morgan fingerprint density at radius 1 is 1.55 bits per heavy atom. The number of rotatable bonds is 2. The summed E-state index contributed by atoms with van der Waals surface area (Å²) in [5.74, 6) is 5.81. The third-order valence-electron chi connectivity index (χ3n) is 1.44. The van der Waals surface area contributed by atoms with Gasteiger partial charge in [0, 0.05) is 1.43 Å². The zero-order valence-electron chi connectivity index (χ0n) is 6.29. The second-order valence-corrected chi connectivity index (χ2v) is 2.07. The fourth-order valence-corrected chi connectivity index (χ4v) is 0.848. The normalized spacial score (nSPS) is 9.27. The molecular formula is C7H13N3O. The van der Waals surface area contributed by atoms with Crippen molar-refractivity contribution < 1.29 is 6.16 Å². The molecule has 11 heavy (non-hydrogen) atoms. The topological polar surface area (TPSA) is 73.3 Å². The van der Waals surface area contributed by atoms with Gasteiger partial charge in [-0.2, -0.15) is 0 Å². The van der Waals surface area contributed by atoms with Crippen LogP contribution in [0.2, 0.25) is 0 Å². The van der Waals surface area contributed by atoms with E-state index in [2.05, 4.69) is 5.43 Å². The number of para-hydroxylation sites is 1. The van der Waals surface area contributed by atoms with E-state index in [1.54, 1.807) is 19.2 Å². The smallest absolute Gasteiger partial charge is 0.143 e. The first-order valence-electron chi connectivity index (χ1n) is 3.18. The van der Waals surface area contributed by atoms with E-state index in [0.29, 0.717) is 17.1 Å². The van der Waals surface area contributed by atoms with Crippen molar-refractivity contribution in [1.82, 2.24) is 0 Å². The maximum absolute atomic E-state index is 5.64. The van der Waals surface area contributed by atoms with Gasteiger partial charge in [0.15, 0.2) is 0 Å². The summed E-state index contributed by atoms with van der Waals surface area (Å²) in [6.07, 6.45) is 0. The van der Waals surface area contributed by atoms with Gasteiger partial charge in [0.2, 0.25) is 0 Å². The number of hydrogen-bond donors (Lipinski definition) is 3. The fraction of sp³-hybridized carbons (Fsp3) is 0.143. The highest BCUT2D eigenvalue weighted by Crippen LogP contribution is 2.27. The van der Waals surface area contributed by atoms with Crippen molar-refractivity contribution in [2.45, 2.75) is 0 Å². The quantitative estimate of drug-likeness (QED) is 0.335. The summed E-state index contributed by atoms with van der Waals surface area (Å²) >= 11 is 0. The molecule has 0 amide bonds. The maximum Gasteiger partial charge on any atom is 0.143 e. The summed E-state index contributed by atoms with van der Waals surface area (Å²) in [5.41, 5.74) is 9.30. The molecule has 4 nitrogen and oxygen atoms in total. The Morgan fingerprint density at radius 3 is 2.82 bits per heavy atom. The number of hydrogen-bond acceptors (Lipinski definition) is 4. The van der Waals surface area contributed by atoms with Gasteiger partial charge in [-0.25, -0.2) is 0 Å². The Kier molecular flexibility index (Phi) is 2.18. The largest absolute Gasteiger partial charge is 0.495 e. The Hall–Kier alpha value is -1.42. The number of methoxy groups -OCH3 is 1. The van der Waals surface area contributed by atoms with E-state index in [1.807, 2.05) is 6.07 Å². The second-order valence-electron chi connectivity index (χ2n) is 2.07. The number of hydrazine groups is 1. The van der Waals surface area contributed by atoms with Crippen molar-refractivity contribution in [3.8, 4) is 5.75 Å². The van der Waals surface area contributed by atoms with Crippen LogP contribution in [0.25, 0.3) is 0 Å². The minimum absolute atomic E-state index is 0. The van der Waals surface area contributed by atoms with Crippen LogP contribution < -0.4 is 21.7 Å². The number of nitrogen functional groups attached to an aromatic ring is 2. The zero-order chi connectivity index (χ0) is 8.27. The second kappa shape index (κ2) is 3.12. The number of anilines is 2. The molecule has 0 bridgehead atoms. The molecule has 0 saturated carbocycles. The van der Waals surface area contributed by atoms with E-state index in [0.717, 1.165) is 0 Å². The van der Waals surface area contributed by atoms with Crippen molar-refractivity contribution in [3.63, 3.8) is 0 Å². The predicted molar refractivity (Wildman–Crippen MR) is 47.3 cm³/mol. The van der Waals surface area contributed by atoms with Crippen LogP contribution in [0, 0.1) is 0 Å². The Labute approximate surface area is 66.6 Å². The predicted octanol–water partition coefficient (Wildman–Crippen LogP) is 0.809. The molecule has 1 rings (SSSR count). The Morgan fingerprint density at radius 2 is 2.27 bits per heavy atom. The molecule has 0 fully saturated rings. The number of benzene rings is 1. The van der Waals surface area contributed by atoms with Crippen LogP contribution in [0.4, 0.5) is 11.4 Å². The zero-order valence-corrected chi connectivity index (χ0v) is 6.29. The number of nitrogens with one attached hydrogen (secondary N) is 1. The molecule has 0 radical (unpaired) electrons. The van der Waals surface area contributed by atoms with Gasteiger partial charge in [-0.15, -0.1) is 0 Å². The summed E-state index contributed by atoms with van der Waals surface area (Å²) in [6.45, 7) is 0. The molecule has 0 aliphatic carbocycles. The average Bonchev–Trinajstić information content (AvgIpc) is 2.05. The molecule has 5 N–H and O–H groups in total. The molecule has 62 valence electrons. The summed E-state index contributed by atoms with van der Waals surface area (Å²) < 4.78 is 4.97. The molecule has 0 unspecified atom stereocenters. The highest BCUT2D eigenvalue weighted by Gasteiger charge is 2.01. The van der Waals surface area contributed by atoms with Crippen molar-refractivity contribution in [3.05, 3.63) is 18.2 Å². The van der Waals surface area contributed by atoms with Crippen LogP contribution in [0.1, 0.15) is 1.43 Å². The molecule has 0 aliphatic heterocycles. The first kappa shape index (κ1) is 7.68. The van der Waals surface area contributed by atoms with Gasteiger partial charge in [-0.1, -0.05) is 6.07 Å². The third kappa shape index (κ3) is 1.35. The molecule has 0 aliphatic rings. The summed E-state index contributed by atoms with van der Waals surface area (Å²) in [4.78, 5) is 0. The van der Waals surface area contributed by atoms with E-state index in [-0.39, 0.29) is 1.43 Å². The van der Waals surface area contributed by atoms with E-state index in [1.165, 1.54) is 0 Å². The van der Waals surface area contributed by atoms with Gasteiger partial charge in [-0.05, 0) is 12.1 Å². The van der Waals surface area contributed by atoms with Crippen LogP contribution in [0.3, 0.4) is 0 Å². The molecule has 4 heteroatoms. The van der Waals surface area contributed by atoms with Crippen LogP contribution in [-0.4, -0.2) is 7.11 Å². The lowest BCUT2D eigenvalue weighted by atomic mass is 10.2. The standard InChI is InChI=1S/C7H11N3O.H2/c1-11-6-4-2-3-5(10-9)7(6)8;/h2-4,10H,8-9H2,1H3;1H. The number of ether oxygens (including phenoxy) is 1. The summed E-state index contributed by atoms with van der Waals surface area (Å²) in [7, 11) is 1.56. The van der Waals surface area contributed by atoms with Gasteiger partial charge >= 0.3 is 0 Å². The van der Waals surface area contributed by atoms with Crippen molar-refractivity contribution in [2.24, 2.45) is 5.84 Å². The van der Waals surface area contributed by atoms with E-state index >= 15 is 0 Å². The Bertz CT molecular complexity index is 232. The summed E-state index contributed by atoms with van der Waals surface area (Å²) in [5, 5.41) is 0. The molecule has 0 heterocycles.